The topological polar surface area (TPSA) is 49.6 Å². The lowest BCUT2D eigenvalue weighted by atomic mass is 9.74. The smallest absolute Gasteiger partial charge is 0.280 e. The fourth-order valence-corrected chi connectivity index (χ4v) is 4.29. The number of rotatable bonds is 2. The van der Waals surface area contributed by atoms with Crippen molar-refractivity contribution in [2.45, 2.75) is 39.0 Å². The van der Waals surface area contributed by atoms with Crippen molar-refractivity contribution in [2.24, 2.45) is 0 Å². The van der Waals surface area contributed by atoms with Crippen LogP contribution in [-0.4, -0.2) is 42.1 Å². The number of carbonyl (C=O) groups is 1. The molecule has 4 rings (SSSR count). The molecule has 1 saturated heterocycles. The van der Waals surface area contributed by atoms with E-state index in [4.69, 9.17) is 4.52 Å². The first-order valence-electron chi connectivity index (χ1n) is 9.11. The number of piperidine rings is 1. The molecule has 0 unspecified atom stereocenters. The van der Waals surface area contributed by atoms with Crippen LogP contribution in [0, 0.1) is 13.8 Å². The van der Waals surface area contributed by atoms with Gasteiger partial charge in [-0.25, -0.2) is 0 Å². The number of aromatic nitrogens is 1. The molecule has 1 amide bonds. The summed E-state index contributed by atoms with van der Waals surface area (Å²) in [5.41, 5.74) is 4.09. The van der Waals surface area contributed by atoms with Crippen LogP contribution >= 0.6 is 0 Å². The molecule has 1 aromatic heterocycles. The Balaban J connectivity index is 1.71. The Morgan fingerprint density at radius 3 is 2.64 bits per heavy atom. The summed E-state index contributed by atoms with van der Waals surface area (Å²) < 4.78 is 5.11. The van der Waals surface area contributed by atoms with Crippen LogP contribution < -0.4 is 4.90 Å². The van der Waals surface area contributed by atoms with Gasteiger partial charge in [-0.05, 0) is 58.0 Å². The first kappa shape index (κ1) is 16.3. The average molecular weight is 339 g/mol. The van der Waals surface area contributed by atoms with Crippen molar-refractivity contribution < 1.29 is 9.32 Å². The van der Waals surface area contributed by atoms with Gasteiger partial charge in [0.1, 0.15) is 5.76 Å². The number of aryl methyl sites for hydroxylation is 2. The summed E-state index contributed by atoms with van der Waals surface area (Å²) in [5, 5.41) is 3.94. The lowest BCUT2D eigenvalue weighted by Gasteiger charge is -2.39. The number of carbonyl (C=O) groups excluding carboxylic acids is 1. The lowest BCUT2D eigenvalue weighted by molar-refractivity contribution is 0.0968. The molecule has 1 spiro atoms. The Morgan fingerprint density at radius 2 is 2.00 bits per heavy atom. The predicted molar refractivity (Wildman–Crippen MR) is 97.1 cm³/mol. The SMILES string of the molecule is CCN1CCC2(CC1)CN(C(=O)c1cc(C)on1)c1ccc(C)cc12. The van der Waals surface area contributed by atoms with Crippen LogP contribution in [0.5, 0.6) is 0 Å². The average Bonchev–Trinajstić information content (AvgIpc) is 3.18. The molecule has 2 aromatic rings. The Hall–Kier alpha value is -2.14. The zero-order valence-electron chi connectivity index (χ0n) is 15.2. The number of nitrogens with zero attached hydrogens (tertiary/aromatic N) is 3. The van der Waals surface area contributed by atoms with Crippen molar-refractivity contribution in [1.82, 2.24) is 10.1 Å². The van der Waals surface area contributed by atoms with E-state index < -0.39 is 0 Å². The van der Waals surface area contributed by atoms with Gasteiger partial charge in [-0.15, -0.1) is 0 Å². The Bertz CT molecular complexity index is 803. The summed E-state index contributed by atoms with van der Waals surface area (Å²) >= 11 is 0. The minimum atomic E-state index is -0.0586. The number of likely N-dealkylation sites (tertiary alicyclic amines) is 1. The summed E-state index contributed by atoms with van der Waals surface area (Å²) in [4.78, 5) is 17.5. The number of hydrogen-bond acceptors (Lipinski definition) is 4. The van der Waals surface area contributed by atoms with Crippen molar-refractivity contribution >= 4 is 11.6 Å². The third kappa shape index (κ3) is 2.67. The molecule has 2 aliphatic heterocycles. The van der Waals surface area contributed by atoms with Gasteiger partial charge in [0.15, 0.2) is 5.69 Å². The van der Waals surface area contributed by atoms with Crippen molar-refractivity contribution in [1.29, 1.82) is 0 Å². The van der Waals surface area contributed by atoms with Crippen LogP contribution in [0.2, 0.25) is 0 Å². The van der Waals surface area contributed by atoms with Gasteiger partial charge in [-0.1, -0.05) is 29.8 Å². The minimum Gasteiger partial charge on any atom is -0.361 e. The fourth-order valence-electron chi connectivity index (χ4n) is 4.29. The van der Waals surface area contributed by atoms with E-state index in [0.29, 0.717) is 11.5 Å². The van der Waals surface area contributed by atoms with Crippen LogP contribution in [0.4, 0.5) is 5.69 Å². The number of amides is 1. The molecular weight excluding hydrogens is 314 g/mol. The third-order valence-electron chi connectivity index (χ3n) is 5.83. The van der Waals surface area contributed by atoms with E-state index >= 15 is 0 Å². The molecule has 0 bridgehead atoms. The Morgan fingerprint density at radius 1 is 1.24 bits per heavy atom. The van der Waals surface area contributed by atoms with Gasteiger partial charge in [-0.2, -0.15) is 0 Å². The molecule has 5 nitrogen and oxygen atoms in total. The highest BCUT2D eigenvalue weighted by atomic mass is 16.5. The predicted octanol–water partition coefficient (Wildman–Crippen LogP) is 3.31. The summed E-state index contributed by atoms with van der Waals surface area (Å²) in [5.74, 6) is 0.606. The standard InChI is InChI=1S/C20H25N3O2/c1-4-22-9-7-20(8-10-22)13-23(18-6-5-14(2)11-16(18)20)19(24)17-12-15(3)25-21-17/h5-6,11-12H,4,7-10,13H2,1-3H3. The zero-order valence-corrected chi connectivity index (χ0v) is 15.2. The summed E-state index contributed by atoms with van der Waals surface area (Å²) in [6.07, 6.45) is 2.19. The number of anilines is 1. The van der Waals surface area contributed by atoms with Crippen molar-refractivity contribution in [3.63, 3.8) is 0 Å². The molecule has 1 fully saturated rings. The summed E-state index contributed by atoms with van der Waals surface area (Å²) in [6, 6.07) is 8.18. The van der Waals surface area contributed by atoms with E-state index in [-0.39, 0.29) is 11.3 Å². The third-order valence-corrected chi connectivity index (χ3v) is 5.83. The van der Waals surface area contributed by atoms with E-state index in [9.17, 15) is 4.79 Å². The molecule has 0 aliphatic carbocycles. The maximum absolute atomic E-state index is 13.0. The van der Waals surface area contributed by atoms with E-state index in [1.807, 2.05) is 11.8 Å². The van der Waals surface area contributed by atoms with Gasteiger partial charge < -0.3 is 14.3 Å². The van der Waals surface area contributed by atoms with Crippen molar-refractivity contribution in [3.05, 3.63) is 46.8 Å². The lowest BCUT2D eigenvalue weighted by Crippen LogP contribution is -2.46. The molecular formula is C20H25N3O2. The van der Waals surface area contributed by atoms with Crippen molar-refractivity contribution in [2.75, 3.05) is 31.1 Å². The number of benzene rings is 1. The normalized spacial score (nSPS) is 19.4. The molecule has 1 aromatic carbocycles. The molecule has 0 saturated carbocycles. The Kier molecular flexibility index (Phi) is 3.91. The fraction of sp³-hybridized carbons (Fsp3) is 0.500. The first-order chi connectivity index (χ1) is 12.0. The van der Waals surface area contributed by atoms with Gasteiger partial charge in [0.2, 0.25) is 0 Å². The molecule has 3 heterocycles. The monoisotopic (exact) mass is 339 g/mol. The summed E-state index contributed by atoms with van der Waals surface area (Å²) in [7, 11) is 0. The quantitative estimate of drug-likeness (QED) is 0.842. The first-order valence-corrected chi connectivity index (χ1v) is 9.11. The highest BCUT2D eigenvalue weighted by Gasteiger charge is 2.46. The minimum absolute atomic E-state index is 0.0586. The molecule has 25 heavy (non-hydrogen) atoms. The van der Waals surface area contributed by atoms with Crippen LogP contribution in [0.15, 0.2) is 28.8 Å². The van der Waals surface area contributed by atoms with E-state index in [0.717, 1.165) is 44.7 Å². The second-order valence-corrected chi connectivity index (χ2v) is 7.45. The molecule has 0 radical (unpaired) electrons. The van der Waals surface area contributed by atoms with Gasteiger partial charge >= 0.3 is 0 Å². The summed E-state index contributed by atoms with van der Waals surface area (Å²) in [6.45, 7) is 10.2. The van der Waals surface area contributed by atoms with Crippen molar-refractivity contribution in [3.8, 4) is 0 Å². The maximum atomic E-state index is 13.0. The van der Waals surface area contributed by atoms with E-state index in [1.54, 1.807) is 6.07 Å². The van der Waals surface area contributed by atoms with Crippen LogP contribution in [0.1, 0.15) is 47.1 Å². The second-order valence-electron chi connectivity index (χ2n) is 7.45. The highest BCUT2D eigenvalue weighted by molar-refractivity contribution is 6.06. The number of fused-ring (bicyclic) bond motifs is 2. The second kappa shape index (κ2) is 5.99. The van der Waals surface area contributed by atoms with Crippen LogP contribution in [-0.2, 0) is 5.41 Å². The van der Waals surface area contributed by atoms with Gasteiger partial charge in [-0.3, -0.25) is 4.79 Å². The van der Waals surface area contributed by atoms with E-state index in [1.165, 1.54) is 11.1 Å². The molecule has 0 atom stereocenters. The Labute approximate surface area is 148 Å². The highest BCUT2D eigenvalue weighted by Crippen LogP contribution is 2.47. The van der Waals surface area contributed by atoms with Gasteiger partial charge in [0, 0.05) is 23.7 Å². The van der Waals surface area contributed by atoms with Crippen LogP contribution in [0.25, 0.3) is 0 Å². The maximum Gasteiger partial charge on any atom is 0.280 e. The molecule has 5 heteroatoms. The molecule has 132 valence electrons. The van der Waals surface area contributed by atoms with Gasteiger partial charge in [0.05, 0.1) is 0 Å². The largest absolute Gasteiger partial charge is 0.361 e. The van der Waals surface area contributed by atoms with E-state index in [2.05, 4.69) is 42.1 Å². The van der Waals surface area contributed by atoms with Crippen LogP contribution in [0.3, 0.4) is 0 Å². The zero-order chi connectivity index (χ0) is 17.6. The molecule has 2 aliphatic rings. The molecule has 0 N–H and O–H groups in total. The van der Waals surface area contributed by atoms with Gasteiger partial charge in [0.25, 0.3) is 5.91 Å². The number of hydrogen-bond donors (Lipinski definition) is 0.